The first kappa shape index (κ1) is 16.5. The van der Waals surface area contributed by atoms with Crippen LogP contribution in [0.3, 0.4) is 0 Å². The van der Waals surface area contributed by atoms with Crippen LogP contribution in [0.2, 0.25) is 0 Å². The van der Waals surface area contributed by atoms with E-state index in [0.29, 0.717) is 12.8 Å². The van der Waals surface area contributed by atoms with Crippen LogP contribution in [0.1, 0.15) is 81.3 Å². The van der Waals surface area contributed by atoms with Crippen molar-refractivity contribution in [3.63, 3.8) is 0 Å². The van der Waals surface area contributed by atoms with E-state index in [1.165, 1.54) is 0 Å². The lowest BCUT2D eigenvalue weighted by Gasteiger charge is -2.55. The zero-order valence-electron chi connectivity index (χ0n) is 14.8. The van der Waals surface area contributed by atoms with E-state index in [-0.39, 0.29) is 40.3 Å². The van der Waals surface area contributed by atoms with Gasteiger partial charge in [0, 0.05) is 12.0 Å². The highest BCUT2D eigenvalue weighted by molar-refractivity contribution is 6.00. The highest BCUT2D eigenvalue weighted by Gasteiger charge is 2.54. The van der Waals surface area contributed by atoms with Crippen LogP contribution in [-0.4, -0.2) is 22.1 Å². The van der Waals surface area contributed by atoms with Crippen LogP contribution in [0.25, 0.3) is 0 Å². The van der Waals surface area contributed by atoms with Gasteiger partial charge in [-0.25, -0.2) is 0 Å². The Labute approximate surface area is 138 Å². The molecule has 0 heterocycles. The molecule has 0 saturated heterocycles. The van der Waals surface area contributed by atoms with Gasteiger partial charge in [0.25, 0.3) is 0 Å². The van der Waals surface area contributed by atoms with E-state index in [1.54, 1.807) is 6.07 Å². The van der Waals surface area contributed by atoms with Gasteiger partial charge in [-0.05, 0) is 58.8 Å². The molecule has 3 atom stereocenters. The summed E-state index contributed by atoms with van der Waals surface area (Å²) >= 11 is 0. The molecule has 1 aromatic carbocycles. The second kappa shape index (κ2) is 5.07. The Balaban J connectivity index is 2.21. The van der Waals surface area contributed by atoms with Crippen LogP contribution in [0.5, 0.6) is 5.75 Å². The maximum absolute atomic E-state index is 12.8. The minimum absolute atomic E-state index is 0.0912. The third kappa shape index (κ3) is 2.40. The second-order valence-corrected chi connectivity index (χ2v) is 8.76. The Morgan fingerprint density at radius 1 is 1.17 bits per heavy atom. The number of fused-ring (bicyclic) bond motifs is 3. The number of aliphatic hydroxyl groups is 1. The first-order chi connectivity index (χ1) is 10.6. The molecule has 0 radical (unpaired) electrons. The van der Waals surface area contributed by atoms with Gasteiger partial charge < -0.3 is 10.2 Å². The Kier molecular flexibility index (Phi) is 3.64. The molecule has 2 aliphatic carbocycles. The molecule has 0 spiro atoms. The third-order valence-electron chi connectivity index (χ3n) is 6.23. The average molecular weight is 316 g/mol. The summed E-state index contributed by atoms with van der Waals surface area (Å²) in [5.74, 6) is 0.815. The molecule has 126 valence electrons. The zero-order valence-corrected chi connectivity index (χ0v) is 14.8. The molecule has 1 fully saturated rings. The summed E-state index contributed by atoms with van der Waals surface area (Å²) in [7, 11) is 0. The molecule has 0 amide bonds. The summed E-state index contributed by atoms with van der Waals surface area (Å²) in [5, 5.41) is 20.9. The fraction of sp³-hybridized carbons (Fsp3) is 0.650. The molecule has 23 heavy (non-hydrogen) atoms. The molecule has 0 aromatic heterocycles. The Bertz CT molecular complexity index is 659. The van der Waals surface area contributed by atoms with Crippen molar-refractivity contribution in [2.45, 2.75) is 71.3 Å². The van der Waals surface area contributed by atoms with Gasteiger partial charge in [-0.3, -0.25) is 4.79 Å². The normalized spacial score (nSPS) is 32.6. The summed E-state index contributed by atoms with van der Waals surface area (Å²) < 4.78 is 0. The van der Waals surface area contributed by atoms with Crippen LogP contribution >= 0.6 is 0 Å². The summed E-state index contributed by atoms with van der Waals surface area (Å²) in [6, 6.07) is 3.68. The van der Waals surface area contributed by atoms with E-state index < -0.39 is 0 Å². The van der Waals surface area contributed by atoms with E-state index in [0.717, 1.165) is 23.1 Å². The van der Waals surface area contributed by atoms with Crippen molar-refractivity contribution in [1.29, 1.82) is 0 Å². The summed E-state index contributed by atoms with van der Waals surface area (Å²) in [6.07, 6.45) is 1.55. The van der Waals surface area contributed by atoms with Gasteiger partial charge >= 0.3 is 0 Å². The van der Waals surface area contributed by atoms with Gasteiger partial charge in [0.05, 0.1) is 6.10 Å². The number of hydrogen-bond acceptors (Lipinski definition) is 3. The molecule has 3 nitrogen and oxygen atoms in total. The van der Waals surface area contributed by atoms with Gasteiger partial charge in [0.1, 0.15) is 5.75 Å². The number of carbonyl (C=O) groups excluding carboxylic acids is 1. The van der Waals surface area contributed by atoms with E-state index in [1.807, 2.05) is 19.9 Å². The number of aromatic hydroxyl groups is 1. The molecule has 1 aromatic rings. The number of Topliss-reactive ketones (excluding diaryl/α,β-unsaturated/α-hetero) is 1. The van der Waals surface area contributed by atoms with Crippen molar-refractivity contribution in [1.82, 2.24) is 0 Å². The smallest absolute Gasteiger partial charge is 0.163 e. The molecular weight excluding hydrogens is 288 g/mol. The number of carbonyl (C=O) groups is 1. The monoisotopic (exact) mass is 316 g/mol. The van der Waals surface area contributed by atoms with Crippen LogP contribution in [0.15, 0.2) is 12.1 Å². The van der Waals surface area contributed by atoms with Crippen LogP contribution in [0.4, 0.5) is 0 Å². The fourth-order valence-electron chi connectivity index (χ4n) is 5.18. The van der Waals surface area contributed by atoms with Crippen LogP contribution < -0.4 is 0 Å². The van der Waals surface area contributed by atoms with Crippen LogP contribution in [-0.2, 0) is 5.41 Å². The Hall–Kier alpha value is -1.35. The lowest BCUT2D eigenvalue weighted by atomic mass is 9.49. The third-order valence-corrected chi connectivity index (χ3v) is 6.23. The lowest BCUT2D eigenvalue weighted by molar-refractivity contribution is -0.0347. The number of hydrogen-bond donors (Lipinski definition) is 2. The molecule has 3 heteroatoms. The topological polar surface area (TPSA) is 57.5 Å². The first-order valence-corrected chi connectivity index (χ1v) is 8.65. The predicted molar refractivity (Wildman–Crippen MR) is 91.0 cm³/mol. The van der Waals surface area contributed by atoms with Crippen molar-refractivity contribution in [3.8, 4) is 5.75 Å². The molecule has 2 aliphatic rings. The number of rotatable bonds is 1. The average Bonchev–Trinajstić information content (AvgIpc) is 2.40. The van der Waals surface area contributed by atoms with Crippen molar-refractivity contribution in [3.05, 3.63) is 28.8 Å². The highest BCUT2D eigenvalue weighted by Crippen LogP contribution is 2.57. The van der Waals surface area contributed by atoms with Crippen molar-refractivity contribution < 1.29 is 15.0 Å². The fourth-order valence-corrected chi connectivity index (χ4v) is 5.18. The Morgan fingerprint density at radius 3 is 2.43 bits per heavy atom. The first-order valence-electron chi connectivity index (χ1n) is 8.65. The number of aliphatic hydroxyl groups excluding tert-OH is 1. The lowest BCUT2D eigenvalue weighted by Crippen LogP contribution is -2.53. The predicted octanol–water partition coefficient (Wildman–Crippen LogP) is 4.16. The molecule has 0 aliphatic heterocycles. The SMILES string of the molecule is CC(C)c1cc2c(cc1O)[C@@]1(C)C[C@@H](O)CC(C)(C)[C@@H]1CC2=O. The molecule has 2 N–H and O–H groups in total. The molecular formula is C20H28O3. The van der Waals surface area contributed by atoms with Gasteiger partial charge in [0.2, 0.25) is 0 Å². The minimum Gasteiger partial charge on any atom is -0.508 e. The van der Waals surface area contributed by atoms with Gasteiger partial charge in [-0.2, -0.15) is 0 Å². The van der Waals surface area contributed by atoms with Crippen molar-refractivity contribution >= 4 is 5.78 Å². The maximum Gasteiger partial charge on any atom is 0.163 e. The minimum atomic E-state index is -0.362. The maximum atomic E-state index is 12.8. The zero-order chi connectivity index (χ0) is 17.2. The van der Waals surface area contributed by atoms with Crippen LogP contribution in [0, 0.1) is 11.3 Å². The molecule has 3 rings (SSSR count). The Morgan fingerprint density at radius 2 is 1.83 bits per heavy atom. The van der Waals surface area contributed by atoms with Crippen molar-refractivity contribution in [2.75, 3.05) is 0 Å². The van der Waals surface area contributed by atoms with E-state index in [4.69, 9.17) is 0 Å². The van der Waals surface area contributed by atoms with Gasteiger partial charge in [0.15, 0.2) is 5.78 Å². The van der Waals surface area contributed by atoms with E-state index in [2.05, 4.69) is 20.8 Å². The summed E-state index contributed by atoms with van der Waals surface area (Å²) in [5.41, 5.74) is 2.14. The molecule has 0 unspecified atom stereocenters. The highest BCUT2D eigenvalue weighted by atomic mass is 16.3. The number of ketones is 1. The molecule has 0 bridgehead atoms. The molecule has 1 saturated carbocycles. The standard InChI is InChI=1S/C20H28O3/c1-11(2)13-6-14-15(7-16(13)22)20(5)10-12(21)9-19(3,4)18(20)8-17(14)23/h6-7,11-12,18,21-22H,8-10H2,1-5H3/t12-,18-,20+/m0/s1. The van der Waals surface area contributed by atoms with E-state index >= 15 is 0 Å². The quantitative estimate of drug-likeness (QED) is 0.818. The van der Waals surface area contributed by atoms with E-state index in [9.17, 15) is 15.0 Å². The number of phenols is 1. The van der Waals surface area contributed by atoms with Gasteiger partial charge in [-0.1, -0.05) is 34.6 Å². The van der Waals surface area contributed by atoms with Gasteiger partial charge in [-0.15, -0.1) is 0 Å². The second-order valence-electron chi connectivity index (χ2n) is 8.76. The summed E-state index contributed by atoms with van der Waals surface area (Å²) in [6.45, 7) is 10.5. The summed E-state index contributed by atoms with van der Waals surface area (Å²) in [4.78, 5) is 12.8. The number of phenolic OH excluding ortho intramolecular Hbond substituents is 1. The van der Waals surface area contributed by atoms with Crippen molar-refractivity contribution in [2.24, 2.45) is 11.3 Å². The number of benzene rings is 1. The largest absolute Gasteiger partial charge is 0.508 e.